The molecular formula is C24H24F9NO4. The van der Waals surface area contributed by atoms with E-state index in [1.165, 1.54) is 30.3 Å². The van der Waals surface area contributed by atoms with Crippen molar-refractivity contribution in [3.63, 3.8) is 0 Å². The molecule has 1 saturated carbocycles. The van der Waals surface area contributed by atoms with Crippen molar-refractivity contribution >= 4 is 5.69 Å². The quantitative estimate of drug-likeness (QED) is 0.253. The van der Waals surface area contributed by atoms with Gasteiger partial charge >= 0.3 is 18.9 Å². The van der Waals surface area contributed by atoms with Crippen LogP contribution in [-0.2, 0) is 4.74 Å². The Morgan fingerprint density at radius 3 is 1.95 bits per heavy atom. The molecule has 0 amide bonds. The lowest BCUT2D eigenvalue weighted by Gasteiger charge is -2.41. The number of halogens is 9. The number of hydrogen-bond acceptors (Lipinski definition) is 5. The van der Waals surface area contributed by atoms with Crippen molar-refractivity contribution in [2.24, 2.45) is 5.92 Å². The highest BCUT2D eigenvalue weighted by Gasteiger charge is 2.45. The third kappa shape index (κ3) is 9.15. The summed E-state index contributed by atoms with van der Waals surface area (Å²) in [5, 5.41) is 9.75. The third-order valence-corrected chi connectivity index (χ3v) is 5.79. The number of rotatable bonds is 9. The second-order valence-electron chi connectivity index (χ2n) is 8.68. The maximum atomic E-state index is 13.4. The molecule has 1 aliphatic carbocycles. The Bertz CT molecular complexity index is 1040. The van der Waals surface area contributed by atoms with Crippen LogP contribution >= 0.6 is 0 Å². The molecule has 3 rings (SSSR count). The highest BCUT2D eigenvalue weighted by Crippen LogP contribution is 2.38. The van der Waals surface area contributed by atoms with Gasteiger partial charge in [-0.2, -0.15) is 13.2 Å². The Morgan fingerprint density at radius 2 is 1.37 bits per heavy atom. The third-order valence-electron chi connectivity index (χ3n) is 5.79. The van der Waals surface area contributed by atoms with Gasteiger partial charge in [-0.25, -0.2) is 0 Å². The number of alkyl halides is 9. The minimum absolute atomic E-state index is 0.104. The van der Waals surface area contributed by atoms with E-state index in [0.29, 0.717) is 17.7 Å². The number of aliphatic hydroxyl groups excluding tert-OH is 1. The molecule has 0 radical (unpaired) electrons. The van der Waals surface area contributed by atoms with Crippen molar-refractivity contribution in [2.75, 3.05) is 11.4 Å². The highest BCUT2D eigenvalue weighted by atomic mass is 19.4. The highest BCUT2D eigenvalue weighted by molar-refractivity contribution is 5.52. The summed E-state index contributed by atoms with van der Waals surface area (Å²) in [4.78, 5) is 0.692. The van der Waals surface area contributed by atoms with Crippen LogP contribution in [0.25, 0.3) is 0 Å². The summed E-state index contributed by atoms with van der Waals surface area (Å²) in [6, 6.07) is 9.30. The van der Waals surface area contributed by atoms with Crippen LogP contribution in [0, 0.1) is 5.92 Å². The normalized spacial score (nSPS) is 17.1. The topological polar surface area (TPSA) is 51.2 Å². The number of benzene rings is 2. The van der Waals surface area contributed by atoms with Gasteiger partial charge in [0.2, 0.25) is 0 Å². The van der Waals surface area contributed by atoms with Gasteiger partial charge in [0.15, 0.2) is 6.10 Å². The molecule has 5 nitrogen and oxygen atoms in total. The number of hydrogen-bond donors (Lipinski definition) is 1. The molecular weight excluding hydrogens is 537 g/mol. The number of aliphatic hydroxyl groups is 1. The van der Waals surface area contributed by atoms with E-state index >= 15 is 0 Å². The average molecular weight is 561 g/mol. The van der Waals surface area contributed by atoms with E-state index in [9.17, 15) is 44.6 Å². The zero-order valence-electron chi connectivity index (χ0n) is 19.6. The van der Waals surface area contributed by atoms with E-state index in [1.807, 2.05) is 0 Å². The van der Waals surface area contributed by atoms with Crippen molar-refractivity contribution in [3.8, 4) is 17.2 Å². The summed E-state index contributed by atoms with van der Waals surface area (Å²) >= 11 is 0. The SMILES string of the molecule is OC(CN(c1cccc(Oc2cccc(OC(F)(F)F)c2)c1)C(OC(F)(F)F)C1CCCCC1)C(F)(F)F. The van der Waals surface area contributed by atoms with Gasteiger partial charge in [0.05, 0.1) is 6.54 Å². The molecule has 1 aliphatic rings. The molecule has 14 heteroatoms. The monoisotopic (exact) mass is 561 g/mol. The van der Waals surface area contributed by atoms with E-state index in [4.69, 9.17) is 4.74 Å². The molecule has 0 bridgehead atoms. The summed E-state index contributed by atoms with van der Waals surface area (Å²) in [6.07, 6.45) is -17.8. The van der Waals surface area contributed by atoms with Gasteiger partial charge in [0.1, 0.15) is 23.5 Å². The van der Waals surface area contributed by atoms with Crippen LogP contribution in [0.5, 0.6) is 17.2 Å². The van der Waals surface area contributed by atoms with Gasteiger partial charge in [-0.15, -0.1) is 26.3 Å². The van der Waals surface area contributed by atoms with Crippen molar-refractivity contribution in [1.29, 1.82) is 0 Å². The van der Waals surface area contributed by atoms with E-state index in [-0.39, 0.29) is 30.0 Å². The van der Waals surface area contributed by atoms with Gasteiger partial charge < -0.3 is 19.5 Å². The molecule has 0 spiro atoms. The molecule has 2 aromatic carbocycles. The maximum absolute atomic E-state index is 13.4. The maximum Gasteiger partial charge on any atom is 0.573 e. The minimum atomic E-state index is -5.18. The number of ether oxygens (including phenoxy) is 3. The second-order valence-corrected chi connectivity index (χ2v) is 8.68. The van der Waals surface area contributed by atoms with Crippen LogP contribution in [0.15, 0.2) is 48.5 Å². The molecule has 1 fully saturated rings. The Morgan fingerprint density at radius 1 is 0.789 bits per heavy atom. The molecule has 2 aromatic rings. The van der Waals surface area contributed by atoms with Gasteiger partial charge in [-0.05, 0) is 37.1 Å². The fraction of sp³-hybridized carbons (Fsp3) is 0.500. The smallest absolute Gasteiger partial charge is 0.457 e. The predicted molar refractivity (Wildman–Crippen MR) is 117 cm³/mol. The summed E-state index contributed by atoms with van der Waals surface area (Å²) in [7, 11) is 0. The van der Waals surface area contributed by atoms with E-state index in [2.05, 4.69) is 9.47 Å². The Labute approximate surface area is 211 Å². The average Bonchev–Trinajstić information content (AvgIpc) is 2.80. The Balaban J connectivity index is 1.95. The van der Waals surface area contributed by atoms with Crippen molar-refractivity contribution in [1.82, 2.24) is 0 Å². The largest absolute Gasteiger partial charge is 0.573 e. The molecule has 0 aliphatic heterocycles. The number of anilines is 1. The molecule has 2 unspecified atom stereocenters. The molecule has 0 heterocycles. The zero-order chi connectivity index (χ0) is 28.1. The van der Waals surface area contributed by atoms with E-state index in [0.717, 1.165) is 24.6 Å². The first kappa shape index (κ1) is 29.7. The van der Waals surface area contributed by atoms with Crippen molar-refractivity contribution < 1.29 is 58.8 Å². The van der Waals surface area contributed by atoms with Crippen LogP contribution in [0.2, 0.25) is 0 Å². The minimum Gasteiger partial charge on any atom is -0.457 e. The lowest BCUT2D eigenvalue weighted by molar-refractivity contribution is -0.349. The van der Waals surface area contributed by atoms with Crippen molar-refractivity contribution in [2.45, 2.75) is 63.3 Å². The Kier molecular flexibility index (Phi) is 9.29. The van der Waals surface area contributed by atoms with Gasteiger partial charge in [-0.1, -0.05) is 31.4 Å². The summed E-state index contributed by atoms with van der Waals surface area (Å²) in [5.41, 5.74) is -0.187. The van der Waals surface area contributed by atoms with Crippen LogP contribution in [0.3, 0.4) is 0 Å². The second kappa shape index (κ2) is 11.9. The number of nitrogens with zero attached hydrogens (tertiary/aromatic N) is 1. The lowest BCUT2D eigenvalue weighted by atomic mass is 9.87. The van der Waals surface area contributed by atoms with Crippen LogP contribution < -0.4 is 14.4 Å². The van der Waals surface area contributed by atoms with Crippen LogP contribution in [0.1, 0.15) is 32.1 Å². The molecule has 38 heavy (non-hydrogen) atoms. The standard InChI is InChI=1S/C24H24F9NO4/c25-22(26,27)20(35)14-34(21(38-24(31,32)33)15-6-2-1-3-7-15)16-8-4-9-17(12-16)36-18-10-5-11-19(13-18)37-23(28,29)30/h4-5,8-13,15,20-21,35H,1-3,6-7,14H2. The first-order chi connectivity index (χ1) is 17.6. The summed E-state index contributed by atoms with van der Waals surface area (Å²) in [5.74, 6) is -1.63. The zero-order valence-corrected chi connectivity index (χ0v) is 19.6. The molecule has 2 atom stereocenters. The summed E-state index contributed by atoms with van der Waals surface area (Å²) < 4.78 is 131. The van der Waals surface area contributed by atoms with E-state index in [1.54, 1.807) is 0 Å². The Hall–Kier alpha value is -2.87. The molecule has 212 valence electrons. The van der Waals surface area contributed by atoms with Crippen LogP contribution in [0.4, 0.5) is 45.2 Å². The van der Waals surface area contributed by atoms with Gasteiger partial charge in [0, 0.05) is 23.7 Å². The van der Waals surface area contributed by atoms with Crippen molar-refractivity contribution in [3.05, 3.63) is 48.5 Å². The molecule has 0 aromatic heterocycles. The van der Waals surface area contributed by atoms with Crippen LogP contribution in [-0.4, -0.2) is 42.9 Å². The first-order valence-electron chi connectivity index (χ1n) is 11.5. The first-order valence-corrected chi connectivity index (χ1v) is 11.5. The molecule has 0 saturated heterocycles. The van der Waals surface area contributed by atoms with Gasteiger partial charge in [-0.3, -0.25) is 4.74 Å². The van der Waals surface area contributed by atoms with E-state index < -0.39 is 49.4 Å². The summed E-state index contributed by atoms with van der Waals surface area (Å²) in [6.45, 7) is -1.26. The fourth-order valence-electron chi connectivity index (χ4n) is 4.21. The van der Waals surface area contributed by atoms with Gasteiger partial charge in [0.25, 0.3) is 0 Å². The molecule has 1 N–H and O–H groups in total. The fourth-order valence-corrected chi connectivity index (χ4v) is 4.21. The lowest BCUT2D eigenvalue weighted by Crippen LogP contribution is -2.51. The predicted octanol–water partition coefficient (Wildman–Crippen LogP) is 7.55.